The molecule has 88 valence electrons. The number of allylic oxidation sites excluding steroid dienone is 4. The summed E-state index contributed by atoms with van der Waals surface area (Å²) in [6.07, 6.45) is 14.9. The Labute approximate surface area is 103 Å². The lowest BCUT2D eigenvalue weighted by atomic mass is 9.94. The van der Waals surface area contributed by atoms with Gasteiger partial charge < -0.3 is 0 Å². The number of rotatable bonds is 3. The van der Waals surface area contributed by atoms with Crippen molar-refractivity contribution >= 4 is 0 Å². The molecule has 1 fully saturated rings. The second kappa shape index (κ2) is 4.48. The number of nitrogens with zero attached hydrogens (tertiary/aromatic N) is 1. The van der Waals surface area contributed by atoms with Gasteiger partial charge in [0.1, 0.15) is 0 Å². The molecule has 1 heteroatoms. The van der Waals surface area contributed by atoms with Crippen LogP contribution in [0.5, 0.6) is 0 Å². The number of aryl methyl sites for hydroxylation is 1. The fourth-order valence-electron chi connectivity index (χ4n) is 2.76. The fraction of sp³-hybridized carbons (Fsp3) is 0.438. The predicted molar refractivity (Wildman–Crippen MR) is 70.8 cm³/mol. The van der Waals surface area contributed by atoms with Gasteiger partial charge in [0.2, 0.25) is 0 Å². The summed E-state index contributed by atoms with van der Waals surface area (Å²) in [5.41, 5.74) is 2.56. The summed E-state index contributed by atoms with van der Waals surface area (Å²) in [5, 5.41) is 0. The normalized spacial score (nSPS) is 30.5. The Kier molecular flexibility index (Phi) is 2.84. The summed E-state index contributed by atoms with van der Waals surface area (Å²) in [7, 11) is 0. The highest BCUT2D eigenvalue weighted by Crippen LogP contribution is 2.50. The van der Waals surface area contributed by atoms with Crippen molar-refractivity contribution in [3.8, 4) is 0 Å². The van der Waals surface area contributed by atoms with E-state index >= 15 is 0 Å². The molecule has 0 radical (unpaired) electrons. The summed E-state index contributed by atoms with van der Waals surface area (Å²) in [4.78, 5) is 4.55. The van der Waals surface area contributed by atoms with E-state index in [0.29, 0.717) is 0 Å². The molecule has 0 amide bonds. The van der Waals surface area contributed by atoms with Gasteiger partial charge in [0, 0.05) is 17.8 Å². The molecule has 17 heavy (non-hydrogen) atoms. The molecule has 1 aromatic rings. The highest BCUT2D eigenvalue weighted by atomic mass is 14.7. The van der Waals surface area contributed by atoms with Crippen LogP contribution < -0.4 is 0 Å². The number of pyridine rings is 1. The van der Waals surface area contributed by atoms with E-state index in [0.717, 1.165) is 17.8 Å². The molecule has 1 aromatic heterocycles. The first-order chi connectivity index (χ1) is 8.33. The van der Waals surface area contributed by atoms with Gasteiger partial charge in [-0.25, -0.2) is 0 Å². The molecule has 3 rings (SSSR count). The smallest absolute Gasteiger partial charge is 0.0437 e. The molecule has 3 unspecified atom stereocenters. The second-order valence-electron chi connectivity index (χ2n) is 5.41. The molecule has 0 bridgehead atoms. The topological polar surface area (TPSA) is 12.9 Å². The van der Waals surface area contributed by atoms with Crippen molar-refractivity contribution in [2.24, 2.45) is 11.8 Å². The van der Waals surface area contributed by atoms with Crippen LogP contribution in [0.1, 0.15) is 36.4 Å². The average Bonchev–Trinajstić information content (AvgIpc) is 3.11. The molecule has 2 aliphatic rings. The molecule has 1 heterocycles. The maximum absolute atomic E-state index is 4.55. The van der Waals surface area contributed by atoms with E-state index in [-0.39, 0.29) is 0 Å². The third-order valence-corrected chi connectivity index (χ3v) is 3.91. The Hall–Kier alpha value is -1.37. The van der Waals surface area contributed by atoms with Gasteiger partial charge in [0.15, 0.2) is 0 Å². The number of hydrogen-bond acceptors (Lipinski definition) is 1. The Morgan fingerprint density at radius 1 is 1.29 bits per heavy atom. The van der Waals surface area contributed by atoms with Crippen LogP contribution in [0.3, 0.4) is 0 Å². The van der Waals surface area contributed by atoms with E-state index in [1.54, 1.807) is 0 Å². The first kappa shape index (κ1) is 10.8. The molecule has 3 atom stereocenters. The van der Waals surface area contributed by atoms with Crippen molar-refractivity contribution < 1.29 is 0 Å². The first-order valence-electron chi connectivity index (χ1n) is 6.59. The molecule has 0 saturated heterocycles. The van der Waals surface area contributed by atoms with Crippen LogP contribution in [-0.2, 0) is 0 Å². The number of hydrogen-bond donors (Lipinski definition) is 0. The summed E-state index contributed by atoms with van der Waals surface area (Å²) in [5.74, 6) is 2.36. The Morgan fingerprint density at radius 3 is 2.94 bits per heavy atom. The lowest BCUT2D eigenvalue weighted by Gasteiger charge is -2.12. The van der Waals surface area contributed by atoms with Crippen molar-refractivity contribution in [2.75, 3.05) is 0 Å². The molecule has 1 nitrogen and oxygen atoms in total. The van der Waals surface area contributed by atoms with Crippen LogP contribution in [0, 0.1) is 18.8 Å². The van der Waals surface area contributed by atoms with Gasteiger partial charge >= 0.3 is 0 Å². The van der Waals surface area contributed by atoms with Gasteiger partial charge in [0.25, 0.3) is 0 Å². The van der Waals surface area contributed by atoms with Gasteiger partial charge in [-0.2, -0.15) is 0 Å². The van der Waals surface area contributed by atoms with E-state index in [9.17, 15) is 0 Å². The van der Waals surface area contributed by atoms with Crippen LogP contribution in [0.15, 0.2) is 42.6 Å². The zero-order valence-electron chi connectivity index (χ0n) is 10.3. The van der Waals surface area contributed by atoms with Crippen molar-refractivity contribution in [3.63, 3.8) is 0 Å². The van der Waals surface area contributed by atoms with Gasteiger partial charge in [-0.15, -0.1) is 0 Å². The summed E-state index contributed by atoms with van der Waals surface area (Å²) < 4.78 is 0. The van der Waals surface area contributed by atoms with E-state index in [2.05, 4.69) is 48.3 Å². The average molecular weight is 225 g/mol. The molecule has 1 saturated carbocycles. The predicted octanol–water partition coefficient (Wildman–Crippen LogP) is 4.02. The molecule has 2 aliphatic carbocycles. The summed E-state index contributed by atoms with van der Waals surface area (Å²) >= 11 is 0. The van der Waals surface area contributed by atoms with Gasteiger partial charge in [-0.1, -0.05) is 30.4 Å². The van der Waals surface area contributed by atoms with Crippen LogP contribution in [0.2, 0.25) is 0 Å². The van der Waals surface area contributed by atoms with Crippen LogP contribution in [0.25, 0.3) is 0 Å². The maximum atomic E-state index is 4.55. The van der Waals surface area contributed by atoms with Gasteiger partial charge in [-0.05, 0) is 49.7 Å². The van der Waals surface area contributed by atoms with Crippen LogP contribution >= 0.6 is 0 Å². The van der Waals surface area contributed by atoms with Crippen molar-refractivity contribution in [1.29, 1.82) is 0 Å². The highest BCUT2D eigenvalue weighted by Gasteiger charge is 2.39. The summed E-state index contributed by atoms with van der Waals surface area (Å²) in [6.45, 7) is 2.10. The lowest BCUT2D eigenvalue weighted by Crippen LogP contribution is -2.00. The van der Waals surface area contributed by atoms with E-state index in [4.69, 9.17) is 0 Å². The van der Waals surface area contributed by atoms with E-state index in [1.807, 2.05) is 6.20 Å². The molecule has 0 spiro atoms. The second-order valence-corrected chi connectivity index (χ2v) is 5.41. The SMILES string of the molecule is Cc1ccc(C2CC2CC2C=CC=CC2)nc1. The van der Waals surface area contributed by atoms with Gasteiger partial charge in [0.05, 0.1) is 0 Å². The minimum absolute atomic E-state index is 0.731. The molecule has 0 aliphatic heterocycles. The van der Waals surface area contributed by atoms with Crippen LogP contribution in [-0.4, -0.2) is 4.98 Å². The highest BCUT2D eigenvalue weighted by molar-refractivity contribution is 5.22. The minimum atomic E-state index is 0.731. The van der Waals surface area contributed by atoms with Gasteiger partial charge in [-0.3, -0.25) is 4.98 Å². The first-order valence-corrected chi connectivity index (χ1v) is 6.59. The van der Waals surface area contributed by atoms with E-state index < -0.39 is 0 Å². The zero-order valence-corrected chi connectivity index (χ0v) is 10.3. The van der Waals surface area contributed by atoms with Crippen LogP contribution in [0.4, 0.5) is 0 Å². The fourth-order valence-corrected chi connectivity index (χ4v) is 2.76. The summed E-state index contributed by atoms with van der Waals surface area (Å²) in [6, 6.07) is 4.39. The molecular weight excluding hydrogens is 206 g/mol. The molecule has 0 N–H and O–H groups in total. The molecular formula is C16H19N. The van der Waals surface area contributed by atoms with Crippen molar-refractivity contribution in [1.82, 2.24) is 4.98 Å². The Morgan fingerprint density at radius 2 is 2.24 bits per heavy atom. The standard InChI is InChI=1S/C16H19N/c1-12-7-8-16(17-11-12)15-10-14(15)9-13-5-3-2-4-6-13/h2-5,7-8,11,13-15H,6,9-10H2,1H3. The largest absolute Gasteiger partial charge is 0.261 e. The monoisotopic (exact) mass is 225 g/mol. The van der Waals surface area contributed by atoms with Crippen molar-refractivity contribution in [3.05, 3.63) is 53.9 Å². The molecule has 0 aromatic carbocycles. The number of aromatic nitrogens is 1. The quantitative estimate of drug-likeness (QED) is 0.757. The third kappa shape index (κ3) is 2.49. The zero-order chi connectivity index (χ0) is 11.7. The third-order valence-electron chi connectivity index (χ3n) is 3.91. The minimum Gasteiger partial charge on any atom is -0.261 e. The lowest BCUT2D eigenvalue weighted by molar-refractivity contribution is 0.539. The van der Waals surface area contributed by atoms with Crippen molar-refractivity contribution in [2.45, 2.75) is 32.1 Å². The maximum Gasteiger partial charge on any atom is 0.0437 e. The van der Waals surface area contributed by atoms with E-state index in [1.165, 1.54) is 30.5 Å². The Bertz CT molecular complexity index is 441. The Balaban J connectivity index is 1.57.